The van der Waals surface area contributed by atoms with E-state index in [0.29, 0.717) is 19.0 Å². The standard InChI is InChI=1S/C14H13N3O2/c18-13(17-14-15-6-3-7-16-14)11-8-10-4-1-2-5-12(10)19-9-11/h1-7,11H,8-9H2,(H,15,16,17,18)/t11-/m0/s1. The molecule has 3 rings (SSSR count). The molecule has 5 heteroatoms. The molecule has 0 radical (unpaired) electrons. The molecule has 1 aromatic carbocycles. The van der Waals surface area contributed by atoms with Crippen molar-refractivity contribution in [2.45, 2.75) is 6.42 Å². The number of nitrogens with zero attached hydrogens (tertiary/aromatic N) is 2. The zero-order valence-electron chi connectivity index (χ0n) is 10.2. The normalized spacial score (nSPS) is 17.2. The molecule has 1 aliphatic rings. The Kier molecular flexibility index (Phi) is 3.10. The number of benzene rings is 1. The number of fused-ring (bicyclic) bond motifs is 1. The minimum Gasteiger partial charge on any atom is -0.492 e. The molecular formula is C14H13N3O2. The lowest BCUT2D eigenvalue weighted by Crippen LogP contribution is -2.33. The van der Waals surface area contributed by atoms with E-state index in [-0.39, 0.29) is 11.8 Å². The molecule has 0 spiro atoms. The van der Waals surface area contributed by atoms with Gasteiger partial charge in [0.2, 0.25) is 11.9 Å². The third-order valence-corrected chi connectivity index (χ3v) is 3.05. The Morgan fingerprint density at radius 3 is 2.84 bits per heavy atom. The van der Waals surface area contributed by atoms with Crippen molar-refractivity contribution in [3.05, 3.63) is 48.3 Å². The van der Waals surface area contributed by atoms with Gasteiger partial charge in [0, 0.05) is 12.4 Å². The predicted octanol–water partition coefficient (Wildman–Crippen LogP) is 1.67. The zero-order chi connectivity index (χ0) is 13.1. The van der Waals surface area contributed by atoms with Crippen LogP contribution < -0.4 is 10.1 Å². The molecule has 19 heavy (non-hydrogen) atoms. The van der Waals surface area contributed by atoms with Crippen LogP contribution in [0.4, 0.5) is 5.95 Å². The van der Waals surface area contributed by atoms with Crippen molar-refractivity contribution in [1.82, 2.24) is 9.97 Å². The summed E-state index contributed by atoms with van der Waals surface area (Å²) >= 11 is 0. The SMILES string of the molecule is O=C(Nc1ncccn1)[C@@H]1COc2ccccc2C1. The molecule has 0 unspecified atom stereocenters. The highest BCUT2D eigenvalue weighted by Crippen LogP contribution is 2.27. The summed E-state index contributed by atoms with van der Waals surface area (Å²) in [5.74, 6) is 0.869. The molecule has 0 fully saturated rings. The summed E-state index contributed by atoms with van der Waals surface area (Å²) in [4.78, 5) is 20.1. The Morgan fingerprint density at radius 2 is 2.00 bits per heavy atom. The van der Waals surface area contributed by atoms with E-state index in [1.807, 2.05) is 24.3 Å². The van der Waals surface area contributed by atoms with Gasteiger partial charge in [-0.2, -0.15) is 0 Å². The van der Waals surface area contributed by atoms with Gasteiger partial charge in [0.25, 0.3) is 0 Å². The number of ether oxygens (including phenoxy) is 1. The lowest BCUT2D eigenvalue weighted by Gasteiger charge is -2.24. The van der Waals surface area contributed by atoms with Crippen LogP contribution in [0.15, 0.2) is 42.7 Å². The van der Waals surface area contributed by atoms with Crippen molar-refractivity contribution in [2.24, 2.45) is 5.92 Å². The van der Waals surface area contributed by atoms with E-state index >= 15 is 0 Å². The molecule has 1 aromatic heterocycles. The second-order valence-corrected chi connectivity index (χ2v) is 4.38. The molecule has 0 saturated carbocycles. The molecule has 1 N–H and O–H groups in total. The number of rotatable bonds is 2. The van der Waals surface area contributed by atoms with Crippen LogP contribution in [-0.2, 0) is 11.2 Å². The van der Waals surface area contributed by atoms with Crippen molar-refractivity contribution >= 4 is 11.9 Å². The number of anilines is 1. The Labute approximate surface area is 110 Å². The number of aromatic nitrogens is 2. The number of amides is 1. The first kappa shape index (κ1) is 11.6. The maximum absolute atomic E-state index is 12.1. The molecule has 5 nitrogen and oxygen atoms in total. The highest BCUT2D eigenvalue weighted by atomic mass is 16.5. The highest BCUT2D eigenvalue weighted by molar-refractivity contribution is 5.91. The highest BCUT2D eigenvalue weighted by Gasteiger charge is 2.26. The molecule has 0 aliphatic carbocycles. The number of hydrogen-bond donors (Lipinski definition) is 1. The van der Waals surface area contributed by atoms with Gasteiger partial charge in [0.1, 0.15) is 12.4 Å². The minimum absolute atomic E-state index is 0.110. The van der Waals surface area contributed by atoms with E-state index in [1.54, 1.807) is 18.5 Å². The first-order valence-electron chi connectivity index (χ1n) is 6.11. The fourth-order valence-electron chi connectivity index (χ4n) is 2.07. The fourth-order valence-corrected chi connectivity index (χ4v) is 2.07. The number of carbonyl (C=O) groups is 1. The Bertz CT molecular complexity index is 586. The van der Waals surface area contributed by atoms with Crippen molar-refractivity contribution < 1.29 is 9.53 Å². The Morgan fingerprint density at radius 1 is 1.21 bits per heavy atom. The van der Waals surface area contributed by atoms with Crippen molar-refractivity contribution in [2.75, 3.05) is 11.9 Å². The van der Waals surface area contributed by atoms with Crippen LogP contribution in [0, 0.1) is 5.92 Å². The number of nitrogens with one attached hydrogen (secondary N) is 1. The third-order valence-electron chi connectivity index (χ3n) is 3.05. The molecule has 2 aromatic rings. The second-order valence-electron chi connectivity index (χ2n) is 4.38. The van der Waals surface area contributed by atoms with Gasteiger partial charge in [-0.1, -0.05) is 18.2 Å². The molecule has 1 atom stereocenters. The van der Waals surface area contributed by atoms with Crippen molar-refractivity contribution in [3.63, 3.8) is 0 Å². The zero-order valence-corrected chi connectivity index (χ0v) is 10.2. The van der Waals surface area contributed by atoms with E-state index in [9.17, 15) is 4.79 Å². The first-order chi connectivity index (χ1) is 9.33. The average molecular weight is 255 g/mol. The van der Waals surface area contributed by atoms with Crippen LogP contribution in [0.5, 0.6) is 5.75 Å². The van der Waals surface area contributed by atoms with Crippen LogP contribution in [0.25, 0.3) is 0 Å². The van der Waals surface area contributed by atoms with Gasteiger partial charge in [-0.25, -0.2) is 9.97 Å². The maximum Gasteiger partial charge on any atom is 0.233 e. The minimum atomic E-state index is -0.210. The summed E-state index contributed by atoms with van der Waals surface area (Å²) < 4.78 is 5.59. The summed E-state index contributed by atoms with van der Waals surface area (Å²) in [5, 5.41) is 2.70. The van der Waals surface area contributed by atoms with Crippen LogP contribution >= 0.6 is 0 Å². The van der Waals surface area contributed by atoms with E-state index < -0.39 is 0 Å². The van der Waals surface area contributed by atoms with Crippen LogP contribution in [0.1, 0.15) is 5.56 Å². The third kappa shape index (κ3) is 2.54. The van der Waals surface area contributed by atoms with E-state index in [0.717, 1.165) is 11.3 Å². The average Bonchev–Trinajstić information content (AvgIpc) is 2.48. The second kappa shape index (κ2) is 5.06. The van der Waals surface area contributed by atoms with Crippen molar-refractivity contribution in [1.29, 1.82) is 0 Å². The van der Waals surface area contributed by atoms with Crippen LogP contribution in [-0.4, -0.2) is 22.5 Å². The molecule has 0 saturated heterocycles. The van der Waals surface area contributed by atoms with Gasteiger partial charge < -0.3 is 4.74 Å². The topological polar surface area (TPSA) is 64.1 Å². The lowest BCUT2D eigenvalue weighted by molar-refractivity contribution is -0.121. The molecule has 0 bridgehead atoms. The monoisotopic (exact) mass is 255 g/mol. The predicted molar refractivity (Wildman–Crippen MR) is 69.8 cm³/mol. The van der Waals surface area contributed by atoms with Crippen LogP contribution in [0.3, 0.4) is 0 Å². The first-order valence-corrected chi connectivity index (χ1v) is 6.11. The molecular weight excluding hydrogens is 242 g/mol. The summed E-state index contributed by atoms with van der Waals surface area (Å²) in [7, 11) is 0. The Balaban J connectivity index is 1.70. The molecule has 96 valence electrons. The van der Waals surface area contributed by atoms with Crippen molar-refractivity contribution in [3.8, 4) is 5.75 Å². The number of carbonyl (C=O) groups excluding carboxylic acids is 1. The van der Waals surface area contributed by atoms with E-state index in [2.05, 4.69) is 15.3 Å². The summed E-state index contributed by atoms with van der Waals surface area (Å²) in [5.41, 5.74) is 1.06. The smallest absolute Gasteiger partial charge is 0.233 e. The van der Waals surface area contributed by atoms with E-state index in [1.165, 1.54) is 0 Å². The van der Waals surface area contributed by atoms with Gasteiger partial charge in [0.05, 0.1) is 5.92 Å². The van der Waals surface area contributed by atoms with Gasteiger partial charge in [-0.15, -0.1) is 0 Å². The van der Waals surface area contributed by atoms with E-state index in [4.69, 9.17) is 4.74 Å². The van der Waals surface area contributed by atoms with Gasteiger partial charge in [-0.05, 0) is 24.1 Å². The Hall–Kier alpha value is -2.43. The van der Waals surface area contributed by atoms with Gasteiger partial charge in [-0.3, -0.25) is 10.1 Å². The fraction of sp³-hybridized carbons (Fsp3) is 0.214. The molecule has 2 heterocycles. The van der Waals surface area contributed by atoms with Gasteiger partial charge >= 0.3 is 0 Å². The van der Waals surface area contributed by atoms with Crippen LogP contribution in [0.2, 0.25) is 0 Å². The summed E-state index contributed by atoms with van der Waals surface area (Å²) in [6.45, 7) is 0.385. The molecule has 1 amide bonds. The maximum atomic E-state index is 12.1. The molecule has 1 aliphatic heterocycles. The number of para-hydroxylation sites is 1. The summed E-state index contributed by atoms with van der Waals surface area (Å²) in [6, 6.07) is 9.48. The number of hydrogen-bond acceptors (Lipinski definition) is 4. The quantitative estimate of drug-likeness (QED) is 0.886. The van der Waals surface area contributed by atoms with Gasteiger partial charge in [0.15, 0.2) is 0 Å². The lowest BCUT2D eigenvalue weighted by atomic mass is 9.96. The summed E-state index contributed by atoms with van der Waals surface area (Å²) in [6.07, 6.45) is 3.86. The largest absolute Gasteiger partial charge is 0.492 e.